The van der Waals surface area contributed by atoms with Gasteiger partial charge in [-0.2, -0.15) is 0 Å². The Morgan fingerprint density at radius 1 is 1.28 bits per heavy atom. The van der Waals surface area contributed by atoms with Crippen LogP contribution in [0, 0.1) is 0 Å². The molecule has 0 aliphatic heterocycles. The van der Waals surface area contributed by atoms with Gasteiger partial charge in [0.25, 0.3) is 0 Å². The number of aromatic nitrogens is 2. The normalized spacial score (nSPS) is 11.0. The van der Waals surface area contributed by atoms with E-state index in [9.17, 15) is 9.90 Å². The SMILES string of the molecule is CCc1c(O)c(=O)ccn1CCCNc1ccnc2cc(Cl)ccc12. The van der Waals surface area contributed by atoms with Crippen molar-refractivity contribution in [3.8, 4) is 5.75 Å². The smallest absolute Gasteiger partial charge is 0.223 e. The molecule has 0 amide bonds. The summed E-state index contributed by atoms with van der Waals surface area (Å²) in [4.78, 5) is 15.9. The van der Waals surface area contributed by atoms with Crippen LogP contribution in [0.5, 0.6) is 5.75 Å². The number of aromatic hydroxyl groups is 1. The Morgan fingerprint density at radius 3 is 2.92 bits per heavy atom. The number of anilines is 1. The van der Waals surface area contributed by atoms with Gasteiger partial charge in [0.2, 0.25) is 5.43 Å². The first-order chi connectivity index (χ1) is 12.1. The Hall–Kier alpha value is -2.53. The Kier molecular flexibility index (Phi) is 5.24. The van der Waals surface area contributed by atoms with Crippen molar-refractivity contribution in [2.24, 2.45) is 0 Å². The first-order valence-electron chi connectivity index (χ1n) is 8.29. The standard InChI is InChI=1S/C19H20ClN3O2/c1-2-17-19(25)18(24)7-11-23(17)10-3-8-21-15-6-9-22-16-12-13(20)4-5-14(15)16/h4-7,9,11-12,25H,2-3,8,10H2,1H3,(H,21,22). The van der Waals surface area contributed by atoms with Crippen molar-refractivity contribution in [1.82, 2.24) is 9.55 Å². The lowest BCUT2D eigenvalue weighted by molar-refractivity contribution is 0.448. The van der Waals surface area contributed by atoms with Crippen LogP contribution in [0.3, 0.4) is 0 Å². The van der Waals surface area contributed by atoms with Crippen LogP contribution in [0.2, 0.25) is 5.02 Å². The second kappa shape index (κ2) is 7.57. The minimum Gasteiger partial charge on any atom is -0.503 e. The number of pyridine rings is 2. The Labute approximate surface area is 150 Å². The number of hydrogen-bond acceptors (Lipinski definition) is 4. The molecule has 0 fully saturated rings. The molecule has 3 aromatic rings. The third-order valence-corrected chi connectivity index (χ3v) is 4.43. The minimum absolute atomic E-state index is 0.144. The van der Waals surface area contributed by atoms with Crippen molar-refractivity contribution in [3.05, 3.63) is 63.7 Å². The van der Waals surface area contributed by atoms with Crippen LogP contribution in [-0.2, 0) is 13.0 Å². The average Bonchev–Trinajstić information content (AvgIpc) is 2.61. The van der Waals surface area contributed by atoms with E-state index < -0.39 is 0 Å². The van der Waals surface area contributed by atoms with Gasteiger partial charge in [-0.05, 0) is 37.1 Å². The molecule has 2 N–H and O–H groups in total. The Bertz CT molecular complexity index is 953. The molecule has 2 heterocycles. The first kappa shape index (κ1) is 17.3. The Balaban J connectivity index is 1.67. The summed E-state index contributed by atoms with van der Waals surface area (Å²) in [5.74, 6) is -0.144. The number of aryl methyl sites for hydroxylation is 1. The second-order valence-corrected chi connectivity index (χ2v) is 6.26. The molecule has 0 unspecified atom stereocenters. The average molecular weight is 358 g/mol. The monoisotopic (exact) mass is 357 g/mol. The highest BCUT2D eigenvalue weighted by atomic mass is 35.5. The summed E-state index contributed by atoms with van der Waals surface area (Å²) in [6.07, 6.45) is 4.97. The molecule has 2 aromatic heterocycles. The molecular weight excluding hydrogens is 338 g/mol. The summed E-state index contributed by atoms with van der Waals surface area (Å²) >= 11 is 6.01. The summed E-state index contributed by atoms with van der Waals surface area (Å²) in [7, 11) is 0. The number of nitrogens with zero attached hydrogens (tertiary/aromatic N) is 2. The van der Waals surface area contributed by atoms with Gasteiger partial charge in [-0.1, -0.05) is 18.5 Å². The molecule has 0 saturated heterocycles. The highest BCUT2D eigenvalue weighted by molar-refractivity contribution is 6.31. The van der Waals surface area contributed by atoms with Gasteiger partial charge in [-0.3, -0.25) is 9.78 Å². The van der Waals surface area contributed by atoms with Crippen LogP contribution in [0.15, 0.2) is 47.5 Å². The molecule has 0 aliphatic rings. The fourth-order valence-electron chi connectivity index (χ4n) is 2.93. The highest BCUT2D eigenvalue weighted by Crippen LogP contribution is 2.24. The van der Waals surface area contributed by atoms with Crippen LogP contribution in [0.1, 0.15) is 19.0 Å². The number of halogens is 1. The fraction of sp³-hybridized carbons (Fsp3) is 0.263. The molecular formula is C19H20ClN3O2. The zero-order chi connectivity index (χ0) is 17.8. The maximum absolute atomic E-state index is 11.5. The molecule has 0 saturated carbocycles. The minimum atomic E-state index is -0.326. The molecule has 0 atom stereocenters. The fourth-order valence-corrected chi connectivity index (χ4v) is 3.10. The maximum Gasteiger partial charge on any atom is 0.223 e. The van der Waals surface area contributed by atoms with E-state index in [0.717, 1.165) is 36.1 Å². The zero-order valence-corrected chi connectivity index (χ0v) is 14.8. The van der Waals surface area contributed by atoms with Gasteiger partial charge in [0.15, 0.2) is 5.75 Å². The second-order valence-electron chi connectivity index (χ2n) is 5.82. The molecule has 3 rings (SSSR count). The van der Waals surface area contributed by atoms with Crippen molar-refractivity contribution in [3.63, 3.8) is 0 Å². The van der Waals surface area contributed by atoms with Crippen LogP contribution >= 0.6 is 11.6 Å². The summed E-state index contributed by atoms with van der Waals surface area (Å²) in [5.41, 5.74) is 2.22. The van der Waals surface area contributed by atoms with Crippen molar-refractivity contribution >= 4 is 28.2 Å². The van der Waals surface area contributed by atoms with Gasteiger partial charge in [0.05, 0.1) is 11.2 Å². The molecule has 1 aromatic carbocycles. The van der Waals surface area contributed by atoms with E-state index in [2.05, 4.69) is 10.3 Å². The lowest BCUT2D eigenvalue weighted by Gasteiger charge is -2.14. The van der Waals surface area contributed by atoms with Crippen LogP contribution in [0.25, 0.3) is 10.9 Å². The summed E-state index contributed by atoms with van der Waals surface area (Å²) < 4.78 is 1.93. The lowest BCUT2D eigenvalue weighted by Crippen LogP contribution is -2.14. The van der Waals surface area contributed by atoms with Gasteiger partial charge in [-0.15, -0.1) is 0 Å². The van der Waals surface area contributed by atoms with Crippen LogP contribution in [-0.4, -0.2) is 21.2 Å². The molecule has 0 bridgehead atoms. The summed E-state index contributed by atoms with van der Waals surface area (Å²) in [6.45, 7) is 3.41. The van der Waals surface area contributed by atoms with Crippen molar-refractivity contribution < 1.29 is 5.11 Å². The third kappa shape index (κ3) is 3.77. The van der Waals surface area contributed by atoms with Crippen LogP contribution < -0.4 is 10.7 Å². The van der Waals surface area contributed by atoms with Gasteiger partial charge >= 0.3 is 0 Å². The number of fused-ring (bicyclic) bond motifs is 1. The number of nitrogens with one attached hydrogen (secondary N) is 1. The van der Waals surface area contributed by atoms with Crippen LogP contribution in [0.4, 0.5) is 5.69 Å². The third-order valence-electron chi connectivity index (χ3n) is 4.19. The quantitative estimate of drug-likeness (QED) is 0.658. The highest BCUT2D eigenvalue weighted by Gasteiger charge is 2.08. The summed E-state index contributed by atoms with van der Waals surface area (Å²) in [6, 6.07) is 9.01. The molecule has 0 spiro atoms. The van der Waals surface area contributed by atoms with Crippen molar-refractivity contribution in [2.45, 2.75) is 26.3 Å². The van der Waals surface area contributed by atoms with E-state index >= 15 is 0 Å². The molecule has 5 nitrogen and oxygen atoms in total. The topological polar surface area (TPSA) is 67.2 Å². The molecule has 0 radical (unpaired) electrons. The van der Waals surface area contributed by atoms with Gasteiger partial charge in [0.1, 0.15) is 0 Å². The van der Waals surface area contributed by atoms with E-state index in [-0.39, 0.29) is 11.2 Å². The number of hydrogen-bond donors (Lipinski definition) is 2. The van der Waals surface area contributed by atoms with Gasteiger partial charge in [-0.25, -0.2) is 0 Å². The van der Waals surface area contributed by atoms with Crippen molar-refractivity contribution in [1.29, 1.82) is 0 Å². The largest absolute Gasteiger partial charge is 0.503 e. The van der Waals surface area contributed by atoms with E-state index in [1.54, 1.807) is 12.4 Å². The molecule has 130 valence electrons. The Morgan fingerprint density at radius 2 is 2.12 bits per heavy atom. The van der Waals surface area contributed by atoms with E-state index in [4.69, 9.17) is 11.6 Å². The number of rotatable bonds is 6. The van der Waals surface area contributed by atoms with Gasteiger partial charge < -0.3 is 15.0 Å². The molecule has 0 aliphatic carbocycles. The predicted molar refractivity (Wildman–Crippen MR) is 102 cm³/mol. The van der Waals surface area contributed by atoms with Crippen molar-refractivity contribution in [2.75, 3.05) is 11.9 Å². The predicted octanol–water partition coefficient (Wildman–Crippen LogP) is 3.82. The molecule has 6 heteroatoms. The number of benzene rings is 1. The molecule has 25 heavy (non-hydrogen) atoms. The lowest BCUT2D eigenvalue weighted by atomic mass is 10.2. The van der Waals surface area contributed by atoms with Gasteiger partial charge in [0, 0.05) is 47.6 Å². The summed E-state index contributed by atoms with van der Waals surface area (Å²) in [5, 5.41) is 15.0. The van der Waals surface area contributed by atoms with E-state index in [1.165, 1.54) is 6.07 Å². The first-order valence-corrected chi connectivity index (χ1v) is 8.67. The van der Waals surface area contributed by atoms with E-state index in [1.807, 2.05) is 35.8 Å². The maximum atomic E-state index is 11.5. The zero-order valence-electron chi connectivity index (χ0n) is 14.0. The van der Waals surface area contributed by atoms with E-state index in [0.29, 0.717) is 17.1 Å².